The lowest BCUT2D eigenvalue weighted by Gasteiger charge is -1.90. The molecule has 0 aliphatic heterocycles. The van der Waals surface area contributed by atoms with Crippen molar-refractivity contribution in [1.82, 2.24) is 0 Å². The second-order valence-electron chi connectivity index (χ2n) is 1.51. The van der Waals surface area contributed by atoms with Gasteiger partial charge in [-0.05, 0) is 12.1 Å². The molecular formula is C6H4BrNO. The maximum Gasteiger partial charge on any atom is 0.159 e. The van der Waals surface area contributed by atoms with Crippen LogP contribution < -0.4 is 0 Å². The van der Waals surface area contributed by atoms with Crippen LogP contribution in [0.2, 0.25) is 0 Å². The van der Waals surface area contributed by atoms with Gasteiger partial charge >= 0.3 is 0 Å². The van der Waals surface area contributed by atoms with Crippen molar-refractivity contribution in [3.05, 3.63) is 24.2 Å². The third-order valence-electron chi connectivity index (χ3n) is 0.906. The first-order valence-electron chi connectivity index (χ1n) is 2.41. The monoisotopic (exact) mass is 185 g/mol. The van der Waals surface area contributed by atoms with Crippen molar-refractivity contribution < 1.29 is 4.42 Å². The van der Waals surface area contributed by atoms with Gasteiger partial charge in [0.05, 0.1) is 12.3 Å². The summed E-state index contributed by atoms with van der Waals surface area (Å²) in [6, 6.07) is 5.49. The van der Waals surface area contributed by atoms with Crippen LogP contribution in [0.3, 0.4) is 0 Å². The predicted molar refractivity (Wildman–Crippen MR) is 36.0 cm³/mol. The highest BCUT2D eigenvalue weighted by Gasteiger charge is 2.06. The fourth-order valence-corrected chi connectivity index (χ4v) is 0.760. The molecule has 0 saturated heterocycles. The second kappa shape index (κ2) is 2.70. The van der Waals surface area contributed by atoms with E-state index in [2.05, 4.69) is 15.9 Å². The Labute approximate surface area is 61.2 Å². The smallest absolute Gasteiger partial charge is 0.159 e. The molecule has 0 spiro atoms. The van der Waals surface area contributed by atoms with E-state index in [0.717, 1.165) is 0 Å². The van der Waals surface area contributed by atoms with Gasteiger partial charge in [0, 0.05) is 0 Å². The number of hydrogen-bond donors (Lipinski definition) is 0. The average molecular weight is 186 g/mol. The number of halogens is 1. The zero-order chi connectivity index (χ0) is 6.69. The third kappa shape index (κ3) is 1.33. The molecule has 3 heteroatoms. The molecule has 1 aromatic heterocycles. The van der Waals surface area contributed by atoms with Crippen LogP contribution in [0.25, 0.3) is 0 Å². The van der Waals surface area contributed by atoms with Gasteiger partial charge in [-0.3, -0.25) is 0 Å². The molecule has 2 nitrogen and oxygen atoms in total. The molecule has 0 fully saturated rings. The lowest BCUT2D eigenvalue weighted by molar-refractivity contribution is 0.523. The Kier molecular flexibility index (Phi) is 1.91. The Morgan fingerprint density at radius 1 is 1.78 bits per heavy atom. The summed E-state index contributed by atoms with van der Waals surface area (Å²) in [6.45, 7) is 0. The molecule has 0 aromatic carbocycles. The van der Waals surface area contributed by atoms with Crippen molar-refractivity contribution in [3.8, 4) is 6.07 Å². The van der Waals surface area contributed by atoms with Gasteiger partial charge in [-0.25, -0.2) is 0 Å². The number of nitriles is 1. The topological polar surface area (TPSA) is 36.9 Å². The van der Waals surface area contributed by atoms with E-state index in [1.165, 1.54) is 0 Å². The molecule has 9 heavy (non-hydrogen) atoms. The zero-order valence-corrected chi connectivity index (χ0v) is 6.13. The summed E-state index contributed by atoms with van der Waals surface area (Å²) >= 11 is 3.11. The van der Waals surface area contributed by atoms with Gasteiger partial charge in [-0.1, -0.05) is 15.9 Å². The van der Waals surface area contributed by atoms with E-state index >= 15 is 0 Å². The minimum Gasteiger partial charge on any atom is -0.467 e. The van der Waals surface area contributed by atoms with Crippen molar-refractivity contribution in [3.63, 3.8) is 0 Å². The molecule has 1 unspecified atom stereocenters. The molecular weight excluding hydrogens is 182 g/mol. The third-order valence-corrected chi connectivity index (χ3v) is 1.56. The van der Waals surface area contributed by atoms with E-state index in [1.54, 1.807) is 18.4 Å². The van der Waals surface area contributed by atoms with E-state index in [1.807, 2.05) is 6.07 Å². The molecule has 0 bridgehead atoms. The van der Waals surface area contributed by atoms with E-state index < -0.39 is 0 Å². The van der Waals surface area contributed by atoms with Gasteiger partial charge < -0.3 is 4.42 Å². The average Bonchev–Trinajstić information content (AvgIpc) is 2.37. The Morgan fingerprint density at radius 3 is 3.00 bits per heavy atom. The molecule has 1 rings (SSSR count). The summed E-state index contributed by atoms with van der Waals surface area (Å²) in [6.07, 6.45) is 1.54. The van der Waals surface area contributed by atoms with Crippen LogP contribution in [0.4, 0.5) is 0 Å². The van der Waals surface area contributed by atoms with Gasteiger partial charge in [-0.2, -0.15) is 5.26 Å². The molecule has 1 aromatic rings. The number of alkyl halides is 1. The largest absolute Gasteiger partial charge is 0.467 e. The molecule has 46 valence electrons. The fraction of sp³-hybridized carbons (Fsp3) is 0.167. The summed E-state index contributed by atoms with van der Waals surface area (Å²) in [7, 11) is 0. The number of nitrogens with zero attached hydrogens (tertiary/aromatic N) is 1. The van der Waals surface area contributed by atoms with Crippen molar-refractivity contribution in [1.29, 1.82) is 5.26 Å². The van der Waals surface area contributed by atoms with Gasteiger partial charge in [0.1, 0.15) is 5.76 Å². The highest BCUT2D eigenvalue weighted by Crippen LogP contribution is 2.20. The first-order valence-corrected chi connectivity index (χ1v) is 3.33. The highest BCUT2D eigenvalue weighted by molar-refractivity contribution is 9.09. The second-order valence-corrected chi connectivity index (χ2v) is 2.42. The summed E-state index contributed by atoms with van der Waals surface area (Å²) in [4.78, 5) is -0.313. The molecule has 0 N–H and O–H groups in total. The minimum absolute atomic E-state index is 0.313. The van der Waals surface area contributed by atoms with Crippen LogP contribution >= 0.6 is 15.9 Å². The zero-order valence-electron chi connectivity index (χ0n) is 4.54. The van der Waals surface area contributed by atoms with Gasteiger partial charge in [0.15, 0.2) is 4.83 Å². The van der Waals surface area contributed by atoms with E-state index in [-0.39, 0.29) is 4.83 Å². The summed E-state index contributed by atoms with van der Waals surface area (Å²) in [5.41, 5.74) is 0. The van der Waals surface area contributed by atoms with Gasteiger partial charge in [0.2, 0.25) is 0 Å². The first-order chi connectivity index (χ1) is 4.34. The van der Waals surface area contributed by atoms with Crippen LogP contribution in [-0.2, 0) is 0 Å². The molecule has 0 aliphatic rings. The maximum absolute atomic E-state index is 8.35. The van der Waals surface area contributed by atoms with Crippen LogP contribution in [0.1, 0.15) is 10.6 Å². The molecule has 0 saturated carbocycles. The lowest BCUT2D eigenvalue weighted by Crippen LogP contribution is -1.78. The van der Waals surface area contributed by atoms with Crippen molar-refractivity contribution in [2.24, 2.45) is 0 Å². The van der Waals surface area contributed by atoms with E-state index in [4.69, 9.17) is 9.68 Å². The quantitative estimate of drug-likeness (QED) is 0.630. The maximum atomic E-state index is 8.35. The van der Waals surface area contributed by atoms with Gasteiger partial charge in [-0.15, -0.1) is 0 Å². The Bertz CT molecular complexity index is 211. The molecule has 1 atom stereocenters. The predicted octanol–water partition coefficient (Wildman–Crippen LogP) is 2.24. The Balaban J connectivity index is 2.80. The van der Waals surface area contributed by atoms with Crippen molar-refractivity contribution in [2.75, 3.05) is 0 Å². The van der Waals surface area contributed by atoms with Crippen LogP contribution in [0, 0.1) is 11.3 Å². The molecule has 1 heterocycles. The lowest BCUT2D eigenvalue weighted by atomic mass is 10.4. The fourth-order valence-electron chi connectivity index (χ4n) is 0.499. The number of rotatable bonds is 1. The molecule has 0 amide bonds. The van der Waals surface area contributed by atoms with Crippen molar-refractivity contribution >= 4 is 15.9 Å². The van der Waals surface area contributed by atoms with Gasteiger partial charge in [0.25, 0.3) is 0 Å². The summed E-state index contributed by atoms with van der Waals surface area (Å²) in [5, 5.41) is 8.35. The normalized spacial score (nSPS) is 12.4. The van der Waals surface area contributed by atoms with E-state index in [0.29, 0.717) is 5.76 Å². The van der Waals surface area contributed by atoms with Crippen LogP contribution in [0.15, 0.2) is 22.8 Å². The molecule has 0 radical (unpaired) electrons. The minimum atomic E-state index is -0.313. The first kappa shape index (κ1) is 6.37. The Morgan fingerprint density at radius 2 is 2.56 bits per heavy atom. The molecule has 0 aliphatic carbocycles. The number of hydrogen-bond acceptors (Lipinski definition) is 2. The summed E-state index contributed by atoms with van der Waals surface area (Å²) in [5.74, 6) is 0.650. The van der Waals surface area contributed by atoms with Crippen molar-refractivity contribution in [2.45, 2.75) is 4.83 Å². The highest BCUT2D eigenvalue weighted by atomic mass is 79.9. The SMILES string of the molecule is N#CC(Br)c1ccco1. The van der Waals surface area contributed by atoms with Crippen LogP contribution in [-0.4, -0.2) is 0 Å². The standard InChI is InChI=1S/C6H4BrNO/c7-5(4-8)6-2-1-3-9-6/h1-3,5H. The number of furan rings is 1. The van der Waals surface area contributed by atoms with Crippen LogP contribution in [0.5, 0.6) is 0 Å². The summed E-state index contributed by atoms with van der Waals surface area (Å²) < 4.78 is 4.92. The Hall–Kier alpha value is -0.750. The van der Waals surface area contributed by atoms with E-state index in [9.17, 15) is 0 Å².